The number of rotatable bonds is 5. The number of nitrogens with zero attached hydrogens (tertiary/aromatic N) is 3. The number of sulfonamides is 1. The molecule has 0 bridgehead atoms. The number of aromatic nitrogens is 2. The molecular formula is C21H21ClN4O3S2. The molecule has 2 heterocycles. The minimum absolute atomic E-state index is 0.0543. The number of benzene rings is 2. The van der Waals surface area contributed by atoms with Crippen LogP contribution in [0, 0.1) is 6.92 Å². The van der Waals surface area contributed by atoms with Crippen LogP contribution in [0.15, 0.2) is 47.4 Å². The molecule has 1 fully saturated rings. The molecule has 3 aromatic rings. The van der Waals surface area contributed by atoms with E-state index < -0.39 is 15.9 Å². The minimum Gasteiger partial charge on any atom is -0.296 e. The van der Waals surface area contributed by atoms with Crippen molar-refractivity contribution in [3.8, 4) is 10.6 Å². The molecule has 31 heavy (non-hydrogen) atoms. The molecule has 7 nitrogen and oxygen atoms in total. The van der Waals surface area contributed by atoms with Crippen LogP contribution >= 0.6 is 22.9 Å². The Morgan fingerprint density at radius 1 is 1.06 bits per heavy atom. The average Bonchev–Trinajstić information content (AvgIpc) is 3.23. The van der Waals surface area contributed by atoms with Gasteiger partial charge in [-0.25, -0.2) is 8.42 Å². The number of amides is 1. The van der Waals surface area contributed by atoms with Gasteiger partial charge in [0.2, 0.25) is 15.2 Å². The molecule has 1 N–H and O–H groups in total. The van der Waals surface area contributed by atoms with Crippen molar-refractivity contribution in [3.05, 3.63) is 58.6 Å². The highest BCUT2D eigenvalue weighted by atomic mass is 35.5. The van der Waals surface area contributed by atoms with Gasteiger partial charge in [0.15, 0.2) is 0 Å². The van der Waals surface area contributed by atoms with E-state index in [1.807, 2.05) is 31.2 Å². The summed E-state index contributed by atoms with van der Waals surface area (Å²) in [6.45, 7) is 2.92. The molecule has 0 atom stereocenters. The van der Waals surface area contributed by atoms with E-state index in [1.54, 1.807) is 0 Å². The van der Waals surface area contributed by atoms with Crippen molar-refractivity contribution >= 4 is 44.0 Å². The fourth-order valence-corrected chi connectivity index (χ4v) is 6.10. The zero-order valence-electron chi connectivity index (χ0n) is 16.8. The summed E-state index contributed by atoms with van der Waals surface area (Å²) in [6, 6.07) is 12.1. The maximum absolute atomic E-state index is 13.0. The summed E-state index contributed by atoms with van der Waals surface area (Å²) in [6.07, 6.45) is 2.64. The number of anilines is 1. The lowest BCUT2D eigenvalue weighted by atomic mass is 10.2. The van der Waals surface area contributed by atoms with Gasteiger partial charge in [0, 0.05) is 24.2 Å². The van der Waals surface area contributed by atoms with Crippen molar-refractivity contribution in [2.75, 3.05) is 18.4 Å². The second kappa shape index (κ2) is 9.04. The van der Waals surface area contributed by atoms with Gasteiger partial charge in [-0.15, -0.1) is 10.2 Å². The van der Waals surface area contributed by atoms with E-state index in [9.17, 15) is 13.2 Å². The molecule has 4 rings (SSSR count). The number of halogens is 1. The highest BCUT2D eigenvalue weighted by Crippen LogP contribution is 2.29. The lowest BCUT2D eigenvalue weighted by Crippen LogP contribution is -2.35. The normalized spacial score (nSPS) is 15.0. The van der Waals surface area contributed by atoms with Gasteiger partial charge in [-0.2, -0.15) is 4.31 Å². The molecule has 1 aromatic heterocycles. The van der Waals surface area contributed by atoms with E-state index >= 15 is 0 Å². The van der Waals surface area contributed by atoms with E-state index in [0.717, 1.165) is 30.4 Å². The third kappa shape index (κ3) is 4.79. The van der Waals surface area contributed by atoms with Crippen LogP contribution in [0.2, 0.25) is 5.02 Å². The van der Waals surface area contributed by atoms with Crippen molar-refractivity contribution < 1.29 is 13.2 Å². The Balaban J connectivity index is 1.54. The van der Waals surface area contributed by atoms with Crippen LogP contribution in [-0.4, -0.2) is 41.9 Å². The fraction of sp³-hybridized carbons (Fsp3) is 0.286. The van der Waals surface area contributed by atoms with E-state index in [1.165, 1.54) is 33.8 Å². The van der Waals surface area contributed by atoms with Gasteiger partial charge in [0.05, 0.1) is 5.02 Å². The fourth-order valence-electron chi connectivity index (χ4n) is 3.34. The molecule has 10 heteroatoms. The van der Waals surface area contributed by atoms with Crippen LogP contribution in [-0.2, 0) is 10.0 Å². The van der Waals surface area contributed by atoms with Gasteiger partial charge in [-0.05, 0) is 38.0 Å². The predicted molar refractivity (Wildman–Crippen MR) is 122 cm³/mol. The zero-order valence-corrected chi connectivity index (χ0v) is 19.2. The van der Waals surface area contributed by atoms with Crippen LogP contribution in [0.3, 0.4) is 0 Å². The number of aryl methyl sites for hydroxylation is 1. The Morgan fingerprint density at radius 3 is 2.48 bits per heavy atom. The van der Waals surface area contributed by atoms with Crippen LogP contribution in [0.1, 0.15) is 35.2 Å². The molecule has 0 radical (unpaired) electrons. The van der Waals surface area contributed by atoms with Gasteiger partial charge in [-0.3, -0.25) is 10.1 Å². The first kappa shape index (κ1) is 21.9. The molecule has 1 saturated heterocycles. The number of carbonyl (C=O) groups excluding carboxylic acids is 1. The number of carbonyl (C=O) groups is 1. The lowest BCUT2D eigenvalue weighted by Gasteiger charge is -2.26. The van der Waals surface area contributed by atoms with Crippen molar-refractivity contribution in [1.82, 2.24) is 14.5 Å². The molecule has 1 aliphatic heterocycles. The Bertz CT molecular complexity index is 1200. The summed E-state index contributed by atoms with van der Waals surface area (Å²) in [5, 5.41) is 12.0. The van der Waals surface area contributed by atoms with Crippen molar-refractivity contribution in [2.24, 2.45) is 0 Å². The maximum atomic E-state index is 13.0. The van der Waals surface area contributed by atoms with Crippen LogP contribution < -0.4 is 5.32 Å². The predicted octanol–water partition coefficient (Wildman–Crippen LogP) is 4.59. The third-order valence-corrected chi connectivity index (χ3v) is 8.34. The monoisotopic (exact) mass is 476 g/mol. The Kier molecular flexibility index (Phi) is 6.38. The Hall–Kier alpha value is -2.33. The zero-order chi connectivity index (χ0) is 22.0. The first-order valence-electron chi connectivity index (χ1n) is 9.86. The number of hydrogen-bond acceptors (Lipinski definition) is 6. The highest BCUT2D eigenvalue weighted by molar-refractivity contribution is 7.89. The Labute approximate surface area is 190 Å². The van der Waals surface area contributed by atoms with Gasteiger partial charge < -0.3 is 0 Å². The maximum Gasteiger partial charge on any atom is 0.257 e. The SMILES string of the molecule is Cc1ccc(-c2nnc(NC(=O)c3ccc(Cl)c(S(=O)(=O)N4CCCCC4)c3)s2)cc1. The van der Waals surface area contributed by atoms with Gasteiger partial charge in [0.1, 0.15) is 9.90 Å². The highest BCUT2D eigenvalue weighted by Gasteiger charge is 2.29. The van der Waals surface area contributed by atoms with Crippen molar-refractivity contribution in [1.29, 1.82) is 0 Å². The molecule has 0 spiro atoms. The summed E-state index contributed by atoms with van der Waals surface area (Å²) in [5.74, 6) is -0.474. The second-order valence-corrected chi connectivity index (χ2v) is 10.6. The number of hydrogen-bond donors (Lipinski definition) is 1. The summed E-state index contributed by atoms with van der Waals surface area (Å²) < 4.78 is 27.5. The Morgan fingerprint density at radius 2 is 1.77 bits per heavy atom. The molecule has 0 unspecified atom stereocenters. The first-order valence-corrected chi connectivity index (χ1v) is 12.5. The lowest BCUT2D eigenvalue weighted by molar-refractivity contribution is 0.102. The molecule has 1 amide bonds. The quantitative estimate of drug-likeness (QED) is 0.581. The molecule has 162 valence electrons. The van der Waals surface area contributed by atoms with Crippen molar-refractivity contribution in [2.45, 2.75) is 31.1 Å². The molecule has 0 aliphatic carbocycles. The molecule has 0 saturated carbocycles. The van der Waals surface area contributed by atoms with E-state index in [4.69, 9.17) is 11.6 Å². The summed E-state index contributed by atoms with van der Waals surface area (Å²) in [7, 11) is -3.76. The van der Waals surface area contributed by atoms with E-state index in [-0.39, 0.29) is 15.5 Å². The summed E-state index contributed by atoms with van der Waals surface area (Å²) in [5.41, 5.74) is 2.23. The first-order chi connectivity index (χ1) is 14.8. The standard InChI is InChI=1S/C21H21ClN4O3S2/c1-14-5-7-15(8-6-14)20-24-25-21(30-20)23-19(27)16-9-10-17(22)18(13-16)31(28,29)26-11-3-2-4-12-26/h5-10,13H,2-4,11-12H2,1H3,(H,23,25,27). The van der Waals surface area contributed by atoms with Gasteiger partial charge in [-0.1, -0.05) is 59.2 Å². The summed E-state index contributed by atoms with van der Waals surface area (Å²) >= 11 is 7.43. The average molecular weight is 477 g/mol. The number of piperidine rings is 1. The summed E-state index contributed by atoms with van der Waals surface area (Å²) in [4.78, 5) is 12.7. The van der Waals surface area contributed by atoms with Crippen LogP contribution in [0.25, 0.3) is 10.6 Å². The molecule has 2 aromatic carbocycles. The van der Waals surface area contributed by atoms with E-state index in [0.29, 0.717) is 23.2 Å². The topological polar surface area (TPSA) is 92.3 Å². The van der Waals surface area contributed by atoms with Gasteiger partial charge >= 0.3 is 0 Å². The third-order valence-electron chi connectivity index (χ3n) is 5.07. The smallest absolute Gasteiger partial charge is 0.257 e. The number of nitrogens with one attached hydrogen (secondary N) is 1. The van der Waals surface area contributed by atoms with Crippen molar-refractivity contribution in [3.63, 3.8) is 0 Å². The van der Waals surface area contributed by atoms with Crippen LogP contribution in [0.5, 0.6) is 0 Å². The largest absolute Gasteiger partial charge is 0.296 e. The van der Waals surface area contributed by atoms with Crippen LogP contribution in [0.4, 0.5) is 5.13 Å². The van der Waals surface area contributed by atoms with E-state index in [2.05, 4.69) is 15.5 Å². The minimum atomic E-state index is -3.76. The molecular weight excluding hydrogens is 456 g/mol. The van der Waals surface area contributed by atoms with Gasteiger partial charge in [0.25, 0.3) is 5.91 Å². The molecule has 1 aliphatic rings. The second-order valence-electron chi connectivity index (χ2n) is 7.34.